The van der Waals surface area contributed by atoms with Gasteiger partial charge in [-0.15, -0.1) is 0 Å². The SMILES string of the molecule is CC(C)N=C=O.CC1=C(C(=O)N2CCN(c3ccccc3)CC2)C(c2cccc(Cl)c2Cl)n2[nH]c(=O)cc2N1.CC1=C(C(=O)N2CCN(c3ccccc3)CC2)C(c2cccc(Cl)c2Cl)n2c(cc(=O)n2C(=O)NC(C)C)N1. The summed E-state index contributed by atoms with van der Waals surface area (Å²) in [5.74, 6) is 0.664. The van der Waals surface area contributed by atoms with Crippen LogP contribution >= 0.6 is 46.4 Å². The highest BCUT2D eigenvalue weighted by molar-refractivity contribution is 6.43. The van der Waals surface area contributed by atoms with Crippen LogP contribution in [0.15, 0.2) is 146 Å². The number of hydrogen-bond donors (Lipinski definition) is 4. The van der Waals surface area contributed by atoms with Gasteiger partial charge >= 0.3 is 6.03 Å². The zero-order valence-electron chi connectivity index (χ0n) is 43.9. The molecule has 2 fully saturated rings. The molecule has 6 aromatic rings. The normalized spacial score (nSPS) is 16.9. The first-order valence-corrected chi connectivity index (χ1v) is 26.9. The van der Waals surface area contributed by atoms with E-state index in [0.717, 1.165) is 29.1 Å². The van der Waals surface area contributed by atoms with E-state index in [1.807, 2.05) is 68.1 Å². The van der Waals surface area contributed by atoms with Crippen molar-refractivity contribution in [2.75, 3.05) is 72.8 Å². The fourth-order valence-electron chi connectivity index (χ4n) is 9.86. The second-order valence-corrected chi connectivity index (χ2v) is 21.0. The van der Waals surface area contributed by atoms with Crippen molar-refractivity contribution in [2.45, 2.75) is 65.7 Å². The van der Waals surface area contributed by atoms with E-state index in [9.17, 15) is 28.8 Å². The zero-order valence-corrected chi connectivity index (χ0v) is 46.9. The summed E-state index contributed by atoms with van der Waals surface area (Å²) in [4.78, 5) is 87.3. The Morgan fingerprint density at radius 1 is 0.615 bits per heavy atom. The summed E-state index contributed by atoms with van der Waals surface area (Å²) in [5, 5.41) is 13.3. The van der Waals surface area contributed by atoms with E-state index in [1.165, 1.54) is 22.9 Å². The first-order valence-electron chi connectivity index (χ1n) is 25.4. The van der Waals surface area contributed by atoms with E-state index >= 15 is 0 Å². The maximum absolute atomic E-state index is 14.2. The van der Waals surface area contributed by atoms with Gasteiger partial charge in [-0.05, 0) is 77.9 Å². The largest absolute Gasteiger partial charge is 0.368 e. The Balaban J connectivity index is 0.000000188. The van der Waals surface area contributed by atoms with Gasteiger partial charge in [-0.1, -0.05) is 107 Å². The van der Waals surface area contributed by atoms with Crippen molar-refractivity contribution in [1.82, 2.24) is 34.3 Å². The number of piperazine rings is 2. The highest BCUT2D eigenvalue weighted by Gasteiger charge is 2.40. The lowest BCUT2D eigenvalue weighted by Crippen LogP contribution is -2.51. The number of isocyanates is 1. The number of aromatic nitrogens is 4. The fourth-order valence-corrected chi connectivity index (χ4v) is 10.7. The molecular weight excluding hydrogens is 1080 g/mol. The van der Waals surface area contributed by atoms with Gasteiger partial charge in [0.2, 0.25) is 6.08 Å². The van der Waals surface area contributed by atoms with Gasteiger partial charge in [-0.25, -0.2) is 19.3 Å². The number of rotatable bonds is 8. The summed E-state index contributed by atoms with van der Waals surface area (Å²) in [6.45, 7) is 15.9. The molecule has 4 aromatic carbocycles. The Bertz CT molecular complexity index is 3420. The number of para-hydroxylation sites is 2. The fraction of sp³-hybridized carbons (Fsp3) is 0.321. The predicted octanol–water partition coefficient (Wildman–Crippen LogP) is 9.41. The molecule has 4 N–H and O–H groups in total. The van der Waals surface area contributed by atoms with E-state index in [2.05, 4.69) is 60.1 Å². The van der Waals surface area contributed by atoms with Crippen molar-refractivity contribution in [3.8, 4) is 0 Å². The highest BCUT2D eigenvalue weighted by atomic mass is 35.5. The number of allylic oxidation sites excluding steroid dienone is 2. The molecule has 3 amide bonds. The van der Waals surface area contributed by atoms with E-state index in [0.29, 0.717) is 99.6 Å². The van der Waals surface area contributed by atoms with Crippen molar-refractivity contribution >= 4 is 93.3 Å². The number of aliphatic imine (C=N–C) groups is 1. The number of hydrogen-bond acceptors (Lipinski definition) is 11. The van der Waals surface area contributed by atoms with Gasteiger partial charge in [-0.3, -0.25) is 29.0 Å². The van der Waals surface area contributed by atoms with Crippen molar-refractivity contribution in [3.63, 3.8) is 0 Å². The number of anilines is 4. The molecule has 18 nitrogen and oxygen atoms in total. The Labute approximate surface area is 471 Å². The maximum Gasteiger partial charge on any atom is 0.344 e. The van der Waals surface area contributed by atoms with Crippen LogP contribution in [-0.4, -0.2) is 117 Å². The number of H-pyrrole nitrogens is 1. The molecule has 2 aromatic heterocycles. The van der Waals surface area contributed by atoms with Gasteiger partial charge in [0.15, 0.2) is 0 Å². The molecule has 2 saturated heterocycles. The van der Waals surface area contributed by atoms with E-state index in [1.54, 1.807) is 60.7 Å². The number of benzene rings is 4. The summed E-state index contributed by atoms with van der Waals surface area (Å²) in [7, 11) is 0. The van der Waals surface area contributed by atoms with Crippen molar-refractivity contribution < 1.29 is 19.2 Å². The minimum absolute atomic E-state index is 0.0889. The third-order valence-electron chi connectivity index (χ3n) is 13.5. The second-order valence-electron chi connectivity index (χ2n) is 19.5. The van der Waals surface area contributed by atoms with E-state index < -0.39 is 23.7 Å². The topological polar surface area (TPSA) is 194 Å². The molecule has 0 bridgehead atoms. The lowest BCUT2D eigenvalue weighted by atomic mass is 9.94. The average molecular weight is 1140 g/mol. The van der Waals surface area contributed by atoms with Crippen molar-refractivity contribution in [3.05, 3.63) is 184 Å². The maximum atomic E-state index is 14.2. The van der Waals surface area contributed by atoms with Crippen LogP contribution in [0.3, 0.4) is 0 Å². The molecule has 0 aliphatic carbocycles. The van der Waals surface area contributed by atoms with Gasteiger partial charge in [0.1, 0.15) is 23.7 Å². The predicted molar refractivity (Wildman–Crippen MR) is 308 cm³/mol. The molecule has 0 spiro atoms. The van der Waals surface area contributed by atoms with Gasteiger partial charge < -0.3 is 35.6 Å². The average Bonchev–Trinajstić information content (AvgIpc) is 4.07. The minimum Gasteiger partial charge on any atom is -0.368 e. The molecule has 10 rings (SSSR count). The van der Waals surface area contributed by atoms with Crippen LogP contribution in [0.4, 0.5) is 27.8 Å². The van der Waals surface area contributed by atoms with Gasteiger partial charge in [-0.2, -0.15) is 4.68 Å². The van der Waals surface area contributed by atoms with Crippen LogP contribution in [0.25, 0.3) is 0 Å². The molecular formula is C56H60Cl4N12O6. The van der Waals surface area contributed by atoms with Crippen LogP contribution in [-0.2, 0) is 14.4 Å². The second kappa shape index (κ2) is 24.9. The monoisotopic (exact) mass is 1140 g/mol. The lowest BCUT2D eigenvalue weighted by molar-refractivity contribution is -0.128. The third-order valence-corrected chi connectivity index (χ3v) is 15.1. The summed E-state index contributed by atoms with van der Waals surface area (Å²) >= 11 is 26.0. The molecule has 2 unspecified atom stereocenters. The molecule has 408 valence electrons. The Morgan fingerprint density at radius 3 is 1.53 bits per heavy atom. The smallest absolute Gasteiger partial charge is 0.344 e. The first-order chi connectivity index (χ1) is 37.4. The summed E-state index contributed by atoms with van der Waals surface area (Å²) in [6.07, 6.45) is 1.44. The highest BCUT2D eigenvalue weighted by Crippen LogP contribution is 2.43. The third kappa shape index (κ3) is 12.3. The standard InChI is InChI=1S/C28H30Cl2N6O3.C24H23Cl2N5O2.C4H7NO/c1-17(2)31-28(39)36-23(37)16-22-32-18(3)24(26(35(22)36)20-10-7-11-21(29)25(20)30)27(38)34-14-12-33(13-15-34)19-8-5-4-6-9-19;1-15-21(24(33)30-12-10-29(11-13-30)16-6-3-2-4-7-16)23(17-8-5-9-18(25)22(17)26)31-19(27-15)14-20(32)28-31;1-4(2)5-3-6/h4-11,16-17,26,32H,12-15H2,1-3H3,(H,31,39);2-9,14,23,27H,10-13H2,1H3,(H,28,32);4H,1-2H3. The van der Waals surface area contributed by atoms with Crippen molar-refractivity contribution in [2.24, 2.45) is 4.99 Å². The molecule has 4 aliphatic heterocycles. The minimum atomic E-state index is -0.868. The Morgan fingerprint density at radius 2 is 1.08 bits per heavy atom. The zero-order chi connectivity index (χ0) is 55.9. The summed E-state index contributed by atoms with van der Waals surface area (Å²) < 4.78 is 4.16. The number of aromatic amines is 1. The van der Waals surface area contributed by atoms with Gasteiger partial charge in [0.05, 0.1) is 37.3 Å². The number of fused-ring (bicyclic) bond motifs is 2. The summed E-state index contributed by atoms with van der Waals surface area (Å²) in [6, 6.07) is 31.4. The number of carbonyl (C=O) groups excluding carboxylic acids is 4. The molecule has 0 radical (unpaired) electrons. The van der Waals surface area contributed by atoms with Crippen LogP contribution in [0.5, 0.6) is 0 Å². The molecule has 2 atom stereocenters. The van der Waals surface area contributed by atoms with Crippen LogP contribution < -0.4 is 36.9 Å². The number of halogens is 4. The molecule has 78 heavy (non-hydrogen) atoms. The molecule has 0 saturated carbocycles. The van der Waals surface area contributed by atoms with Gasteiger partial charge in [0.25, 0.3) is 22.9 Å². The van der Waals surface area contributed by atoms with E-state index in [-0.39, 0.29) is 34.5 Å². The Kier molecular flexibility index (Phi) is 18.1. The lowest BCUT2D eigenvalue weighted by Gasteiger charge is -2.39. The quantitative estimate of drug-likeness (QED) is 0.0843. The summed E-state index contributed by atoms with van der Waals surface area (Å²) in [5.41, 5.74) is 4.82. The molecule has 4 aliphatic rings. The van der Waals surface area contributed by atoms with E-state index in [4.69, 9.17) is 46.4 Å². The van der Waals surface area contributed by atoms with Crippen LogP contribution in [0, 0.1) is 0 Å². The van der Waals surface area contributed by atoms with Gasteiger partial charge in [0, 0.05) is 104 Å². The van der Waals surface area contributed by atoms with Crippen molar-refractivity contribution in [1.29, 1.82) is 0 Å². The molecule has 22 heteroatoms. The molecule has 6 heterocycles. The number of nitrogens with zero attached hydrogens (tertiary/aromatic N) is 8. The van der Waals surface area contributed by atoms with Crippen LogP contribution in [0.2, 0.25) is 20.1 Å². The Hall–Kier alpha value is -7.47. The number of amides is 3. The first kappa shape index (κ1) is 56.7. The number of nitrogens with one attached hydrogen (secondary N) is 4. The van der Waals surface area contributed by atoms with Crippen LogP contribution in [0.1, 0.15) is 64.8 Å². The number of carbonyl (C=O) groups is 3.